The Labute approximate surface area is 123 Å². The van der Waals surface area contributed by atoms with E-state index in [1.165, 1.54) is 0 Å². The summed E-state index contributed by atoms with van der Waals surface area (Å²) in [6, 6.07) is 8.50. The van der Waals surface area contributed by atoms with Crippen LogP contribution in [0.1, 0.15) is 12.0 Å². The normalized spacial score (nSPS) is 10.9. The third-order valence-corrected chi connectivity index (χ3v) is 3.01. The highest BCUT2D eigenvalue weighted by Crippen LogP contribution is 2.18. The van der Waals surface area contributed by atoms with Crippen LogP contribution in [0.5, 0.6) is 0 Å². The van der Waals surface area contributed by atoms with Crippen LogP contribution in [0.3, 0.4) is 0 Å². The average molecular weight is 349 g/mol. The topological polar surface area (TPSA) is 44.1 Å². The van der Waals surface area contributed by atoms with E-state index in [9.17, 15) is 18.0 Å². The summed E-state index contributed by atoms with van der Waals surface area (Å²) in [7, 11) is 0. The number of nitriles is 1. The molecule has 1 rings (SSSR count). The molecule has 0 atom stereocenters. The second kappa shape index (κ2) is 7.29. The van der Waals surface area contributed by atoms with Crippen LogP contribution >= 0.6 is 15.9 Å². The lowest BCUT2D eigenvalue weighted by Crippen LogP contribution is -2.40. The Morgan fingerprint density at radius 2 is 1.90 bits per heavy atom. The quantitative estimate of drug-likeness (QED) is 0.819. The zero-order valence-corrected chi connectivity index (χ0v) is 12.0. The summed E-state index contributed by atoms with van der Waals surface area (Å²) in [6.07, 6.45) is -4.71. The van der Waals surface area contributed by atoms with E-state index >= 15 is 0 Å². The fraction of sp³-hybridized carbons (Fsp3) is 0.385. The first-order chi connectivity index (χ1) is 9.31. The van der Waals surface area contributed by atoms with Crippen LogP contribution in [-0.2, 0) is 11.2 Å². The van der Waals surface area contributed by atoms with Crippen molar-refractivity contribution >= 4 is 21.8 Å². The first-order valence-electron chi connectivity index (χ1n) is 5.78. The minimum absolute atomic E-state index is 0.116. The molecule has 0 heterocycles. The summed E-state index contributed by atoms with van der Waals surface area (Å²) in [5, 5.41) is 8.44. The Morgan fingerprint density at radius 1 is 1.30 bits per heavy atom. The van der Waals surface area contributed by atoms with Crippen LogP contribution < -0.4 is 0 Å². The lowest BCUT2D eigenvalue weighted by Gasteiger charge is -2.23. The van der Waals surface area contributed by atoms with E-state index in [2.05, 4.69) is 15.9 Å². The van der Waals surface area contributed by atoms with E-state index in [0.29, 0.717) is 10.5 Å². The van der Waals surface area contributed by atoms with Gasteiger partial charge in [0.05, 0.1) is 18.9 Å². The highest BCUT2D eigenvalue weighted by atomic mass is 79.9. The molecule has 0 aromatic heterocycles. The molecule has 3 nitrogen and oxygen atoms in total. The largest absolute Gasteiger partial charge is 0.406 e. The number of nitrogens with zero attached hydrogens (tertiary/aromatic N) is 2. The van der Waals surface area contributed by atoms with E-state index < -0.39 is 18.6 Å². The molecule has 1 amide bonds. The number of amides is 1. The van der Waals surface area contributed by atoms with Crippen molar-refractivity contribution < 1.29 is 18.0 Å². The van der Waals surface area contributed by atoms with Crippen molar-refractivity contribution in [3.8, 4) is 6.07 Å². The highest BCUT2D eigenvalue weighted by molar-refractivity contribution is 9.10. The van der Waals surface area contributed by atoms with Crippen molar-refractivity contribution in [2.75, 3.05) is 13.1 Å². The van der Waals surface area contributed by atoms with Gasteiger partial charge in [0.25, 0.3) is 0 Å². The van der Waals surface area contributed by atoms with Gasteiger partial charge >= 0.3 is 6.18 Å². The molecular weight excluding hydrogens is 337 g/mol. The number of carbonyl (C=O) groups excluding carboxylic acids is 1. The smallest absolute Gasteiger partial charge is 0.332 e. The van der Waals surface area contributed by atoms with Crippen molar-refractivity contribution in [3.05, 3.63) is 34.3 Å². The van der Waals surface area contributed by atoms with E-state index in [1.54, 1.807) is 30.3 Å². The Kier molecular flexibility index (Phi) is 6.02. The number of alkyl halides is 3. The lowest BCUT2D eigenvalue weighted by atomic mass is 10.1. The Morgan fingerprint density at radius 3 is 2.40 bits per heavy atom. The van der Waals surface area contributed by atoms with Gasteiger partial charge in [-0.2, -0.15) is 18.4 Å². The van der Waals surface area contributed by atoms with Crippen LogP contribution in [-0.4, -0.2) is 30.1 Å². The Bertz CT molecular complexity index is 494. The van der Waals surface area contributed by atoms with Gasteiger partial charge in [-0.15, -0.1) is 0 Å². The van der Waals surface area contributed by atoms with E-state index in [-0.39, 0.29) is 19.4 Å². The van der Waals surface area contributed by atoms with Crippen LogP contribution in [0, 0.1) is 11.3 Å². The maximum Gasteiger partial charge on any atom is 0.406 e. The predicted molar refractivity (Wildman–Crippen MR) is 70.7 cm³/mol. The standard InChI is InChI=1S/C13H12BrF3N2O/c14-11-4-2-10(3-5-11)8-12(20)19(7-1-6-18)9-13(15,16)17/h2-5H,1,7-9H2. The molecule has 1 aromatic carbocycles. The minimum Gasteiger partial charge on any atom is -0.332 e. The molecule has 0 aliphatic heterocycles. The molecule has 0 saturated carbocycles. The summed E-state index contributed by atoms with van der Waals surface area (Å²) in [5.41, 5.74) is 0.627. The molecule has 0 radical (unpaired) electrons. The first-order valence-corrected chi connectivity index (χ1v) is 6.57. The van der Waals surface area contributed by atoms with Gasteiger partial charge in [-0.05, 0) is 17.7 Å². The second-order valence-electron chi connectivity index (χ2n) is 4.14. The number of hydrogen-bond acceptors (Lipinski definition) is 2. The lowest BCUT2D eigenvalue weighted by molar-refractivity contribution is -0.160. The van der Waals surface area contributed by atoms with Gasteiger partial charge in [0.1, 0.15) is 6.54 Å². The average Bonchev–Trinajstić information content (AvgIpc) is 2.36. The molecular formula is C13H12BrF3N2O. The second-order valence-corrected chi connectivity index (χ2v) is 5.06. The van der Waals surface area contributed by atoms with Gasteiger partial charge in [0, 0.05) is 11.0 Å². The monoisotopic (exact) mass is 348 g/mol. The van der Waals surface area contributed by atoms with E-state index in [0.717, 1.165) is 4.47 Å². The zero-order valence-electron chi connectivity index (χ0n) is 10.5. The van der Waals surface area contributed by atoms with Gasteiger partial charge < -0.3 is 4.90 Å². The minimum atomic E-state index is -4.47. The molecule has 0 aliphatic rings. The summed E-state index contributed by atoms with van der Waals surface area (Å²) in [6.45, 7) is -1.55. The molecule has 0 bridgehead atoms. The van der Waals surface area contributed by atoms with Gasteiger partial charge in [-0.3, -0.25) is 4.79 Å². The fourth-order valence-corrected chi connectivity index (χ4v) is 1.85. The maximum atomic E-state index is 12.4. The van der Waals surface area contributed by atoms with Gasteiger partial charge in [-0.25, -0.2) is 0 Å². The molecule has 7 heteroatoms. The summed E-state index contributed by atoms with van der Waals surface area (Å²) in [5.74, 6) is -0.639. The third-order valence-electron chi connectivity index (χ3n) is 2.48. The van der Waals surface area contributed by atoms with E-state index in [1.807, 2.05) is 0 Å². The van der Waals surface area contributed by atoms with Gasteiger partial charge in [0.15, 0.2) is 0 Å². The number of hydrogen-bond donors (Lipinski definition) is 0. The SMILES string of the molecule is N#CCCN(CC(F)(F)F)C(=O)Cc1ccc(Br)cc1. The Balaban J connectivity index is 2.72. The molecule has 108 valence electrons. The van der Waals surface area contributed by atoms with Crippen molar-refractivity contribution in [3.63, 3.8) is 0 Å². The molecule has 0 spiro atoms. The predicted octanol–water partition coefficient (Wildman–Crippen LogP) is 3.30. The highest BCUT2D eigenvalue weighted by Gasteiger charge is 2.32. The van der Waals surface area contributed by atoms with Crippen LogP contribution in [0.15, 0.2) is 28.7 Å². The summed E-state index contributed by atoms with van der Waals surface area (Å²) < 4.78 is 38.0. The maximum absolute atomic E-state index is 12.4. The number of halogens is 4. The van der Waals surface area contributed by atoms with Crippen LogP contribution in [0.4, 0.5) is 13.2 Å². The molecule has 0 saturated heterocycles. The fourth-order valence-electron chi connectivity index (χ4n) is 1.58. The Hall–Kier alpha value is -1.55. The molecule has 0 fully saturated rings. The summed E-state index contributed by atoms with van der Waals surface area (Å²) in [4.78, 5) is 12.6. The first kappa shape index (κ1) is 16.5. The molecule has 0 N–H and O–H groups in total. The van der Waals surface area contributed by atoms with Crippen LogP contribution in [0.2, 0.25) is 0 Å². The number of benzene rings is 1. The zero-order chi connectivity index (χ0) is 15.2. The van der Waals surface area contributed by atoms with Crippen molar-refractivity contribution in [1.82, 2.24) is 4.90 Å². The molecule has 0 unspecified atom stereocenters. The molecule has 20 heavy (non-hydrogen) atoms. The van der Waals surface area contributed by atoms with Crippen LogP contribution in [0.25, 0.3) is 0 Å². The van der Waals surface area contributed by atoms with Crippen molar-refractivity contribution in [2.45, 2.75) is 19.0 Å². The summed E-state index contributed by atoms with van der Waals surface area (Å²) >= 11 is 3.23. The van der Waals surface area contributed by atoms with Gasteiger partial charge in [0.2, 0.25) is 5.91 Å². The van der Waals surface area contributed by atoms with E-state index in [4.69, 9.17) is 5.26 Å². The van der Waals surface area contributed by atoms with Gasteiger partial charge in [-0.1, -0.05) is 28.1 Å². The molecule has 1 aromatic rings. The number of carbonyl (C=O) groups is 1. The van der Waals surface area contributed by atoms with Crippen molar-refractivity contribution in [1.29, 1.82) is 5.26 Å². The number of rotatable bonds is 5. The van der Waals surface area contributed by atoms with Crippen molar-refractivity contribution in [2.24, 2.45) is 0 Å². The third kappa shape index (κ3) is 6.06. The molecule has 0 aliphatic carbocycles.